The standard InChI is InChI=1S/C17H22N4O3/c1-20(2)12-6-3-5-11(9-12)14-7-4-8-21(14)15(22)10-13-16(23)19-17(24)18-13/h3,5-6,9,13-14H,4,7-8,10H2,1-2H3,(H2,18,19,23,24)/t13-,14?/m0/s1. The molecule has 2 aliphatic heterocycles. The van der Waals surface area contributed by atoms with E-state index in [1.165, 1.54) is 0 Å². The number of nitrogens with one attached hydrogen (secondary N) is 2. The average molecular weight is 330 g/mol. The molecule has 1 aromatic carbocycles. The fraction of sp³-hybridized carbons (Fsp3) is 0.471. The Balaban J connectivity index is 1.73. The van der Waals surface area contributed by atoms with Gasteiger partial charge in [-0.2, -0.15) is 0 Å². The molecule has 0 radical (unpaired) electrons. The van der Waals surface area contributed by atoms with E-state index in [9.17, 15) is 14.4 Å². The number of likely N-dealkylation sites (tertiary alicyclic amines) is 1. The molecule has 7 nitrogen and oxygen atoms in total. The van der Waals surface area contributed by atoms with Crippen LogP contribution in [0.2, 0.25) is 0 Å². The SMILES string of the molecule is CN(C)c1cccc(C2CCCN2C(=O)C[C@@H]2NC(=O)NC2=O)c1. The van der Waals surface area contributed by atoms with Gasteiger partial charge >= 0.3 is 6.03 Å². The molecule has 128 valence electrons. The fourth-order valence-electron chi connectivity index (χ4n) is 3.32. The zero-order valence-corrected chi connectivity index (χ0v) is 13.9. The van der Waals surface area contributed by atoms with Crippen LogP contribution in [0.25, 0.3) is 0 Å². The van der Waals surface area contributed by atoms with Crippen LogP contribution in [0.15, 0.2) is 24.3 Å². The molecule has 2 heterocycles. The molecule has 2 atom stereocenters. The number of imide groups is 1. The summed E-state index contributed by atoms with van der Waals surface area (Å²) >= 11 is 0. The Morgan fingerprint density at radius 1 is 1.33 bits per heavy atom. The molecule has 3 rings (SSSR count). The Labute approximate surface area is 141 Å². The molecule has 0 spiro atoms. The number of hydrogen-bond donors (Lipinski definition) is 2. The van der Waals surface area contributed by atoms with Crippen molar-refractivity contribution in [2.45, 2.75) is 31.3 Å². The van der Waals surface area contributed by atoms with Crippen LogP contribution >= 0.6 is 0 Å². The number of nitrogens with zero attached hydrogens (tertiary/aromatic N) is 2. The molecular formula is C17H22N4O3. The lowest BCUT2D eigenvalue weighted by Crippen LogP contribution is -2.38. The van der Waals surface area contributed by atoms with E-state index in [4.69, 9.17) is 0 Å². The maximum atomic E-state index is 12.6. The number of benzene rings is 1. The third-order valence-electron chi connectivity index (χ3n) is 4.58. The Morgan fingerprint density at radius 2 is 2.12 bits per heavy atom. The van der Waals surface area contributed by atoms with Gasteiger partial charge in [0.2, 0.25) is 5.91 Å². The fourth-order valence-corrected chi connectivity index (χ4v) is 3.32. The van der Waals surface area contributed by atoms with Gasteiger partial charge in [-0.25, -0.2) is 4.79 Å². The van der Waals surface area contributed by atoms with E-state index in [0.29, 0.717) is 6.54 Å². The second-order valence-electron chi connectivity index (χ2n) is 6.45. The predicted molar refractivity (Wildman–Crippen MR) is 89.5 cm³/mol. The molecule has 2 saturated heterocycles. The Morgan fingerprint density at radius 3 is 2.79 bits per heavy atom. The lowest BCUT2D eigenvalue weighted by Gasteiger charge is -2.27. The Kier molecular flexibility index (Phi) is 4.42. The zero-order chi connectivity index (χ0) is 17.3. The highest BCUT2D eigenvalue weighted by Gasteiger charge is 2.36. The summed E-state index contributed by atoms with van der Waals surface area (Å²) in [4.78, 5) is 39.3. The minimum atomic E-state index is -0.764. The van der Waals surface area contributed by atoms with E-state index in [1.54, 1.807) is 0 Å². The van der Waals surface area contributed by atoms with Crippen molar-refractivity contribution in [3.8, 4) is 0 Å². The highest BCUT2D eigenvalue weighted by molar-refractivity contribution is 6.05. The second kappa shape index (κ2) is 6.51. The van der Waals surface area contributed by atoms with Crippen molar-refractivity contribution in [2.24, 2.45) is 0 Å². The van der Waals surface area contributed by atoms with Crippen LogP contribution in [0.3, 0.4) is 0 Å². The molecule has 2 fully saturated rings. The van der Waals surface area contributed by atoms with E-state index in [1.807, 2.05) is 42.1 Å². The van der Waals surface area contributed by atoms with Crippen molar-refractivity contribution >= 4 is 23.5 Å². The summed E-state index contributed by atoms with van der Waals surface area (Å²) in [6.07, 6.45) is 1.85. The van der Waals surface area contributed by atoms with Crippen LogP contribution in [0, 0.1) is 0 Å². The smallest absolute Gasteiger partial charge is 0.322 e. The molecule has 1 unspecified atom stereocenters. The molecule has 0 aliphatic carbocycles. The molecular weight excluding hydrogens is 308 g/mol. The number of amides is 4. The predicted octanol–water partition coefficient (Wildman–Crippen LogP) is 1.01. The van der Waals surface area contributed by atoms with Gasteiger partial charge in [0.25, 0.3) is 5.91 Å². The van der Waals surface area contributed by atoms with Crippen molar-refractivity contribution in [1.29, 1.82) is 0 Å². The van der Waals surface area contributed by atoms with Gasteiger partial charge in [0, 0.05) is 26.3 Å². The van der Waals surface area contributed by atoms with Crippen molar-refractivity contribution in [2.75, 3.05) is 25.5 Å². The normalized spacial score (nSPS) is 23.2. The number of urea groups is 1. The van der Waals surface area contributed by atoms with Crippen LogP contribution in [0.4, 0.5) is 10.5 Å². The van der Waals surface area contributed by atoms with E-state index in [0.717, 1.165) is 24.1 Å². The lowest BCUT2D eigenvalue weighted by molar-refractivity contribution is -0.134. The number of anilines is 1. The van der Waals surface area contributed by atoms with Gasteiger partial charge < -0.3 is 15.1 Å². The molecule has 0 aromatic heterocycles. The van der Waals surface area contributed by atoms with Crippen molar-refractivity contribution in [3.63, 3.8) is 0 Å². The van der Waals surface area contributed by atoms with E-state index >= 15 is 0 Å². The van der Waals surface area contributed by atoms with Gasteiger partial charge in [-0.15, -0.1) is 0 Å². The van der Waals surface area contributed by atoms with E-state index in [-0.39, 0.29) is 18.4 Å². The number of carbonyl (C=O) groups excluding carboxylic acids is 3. The third kappa shape index (κ3) is 3.20. The zero-order valence-electron chi connectivity index (χ0n) is 13.9. The highest BCUT2D eigenvalue weighted by atomic mass is 16.2. The first-order chi connectivity index (χ1) is 11.5. The second-order valence-corrected chi connectivity index (χ2v) is 6.45. The molecule has 4 amide bonds. The Hall–Kier alpha value is -2.57. The van der Waals surface area contributed by atoms with E-state index < -0.39 is 18.0 Å². The average Bonchev–Trinajstić information content (AvgIpc) is 3.14. The summed E-state index contributed by atoms with van der Waals surface area (Å²) in [6.45, 7) is 0.679. The molecule has 1 aromatic rings. The summed E-state index contributed by atoms with van der Waals surface area (Å²) in [5, 5.41) is 4.64. The minimum Gasteiger partial charge on any atom is -0.378 e. The first-order valence-electron chi connectivity index (χ1n) is 8.14. The summed E-state index contributed by atoms with van der Waals surface area (Å²) in [6, 6.07) is 6.89. The first kappa shape index (κ1) is 16.3. The number of carbonyl (C=O) groups is 3. The van der Waals surface area contributed by atoms with Crippen LogP contribution in [0.1, 0.15) is 30.9 Å². The van der Waals surface area contributed by atoms with Crippen LogP contribution in [0.5, 0.6) is 0 Å². The highest BCUT2D eigenvalue weighted by Crippen LogP contribution is 2.34. The number of hydrogen-bond acceptors (Lipinski definition) is 4. The van der Waals surface area contributed by atoms with Gasteiger partial charge in [-0.05, 0) is 30.5 Å². The summed E-state index contributed by atoms with van der Waals surface area (Å²) in [5.41, 5.74) is 2.20. The molecule has 24 heavy (non-hydrogen) atoms. The van der Waals surface area contributed by atoms with Crippen molar-refractivity contribution in [1.82, 2.24) is 15.5 Å². The van der Waals surface area contributed by atoms with Gasteiger partial charge in [-0.1, -0.05) is 12.1 Å². The van der Waals surface area contributed by atoms with Gasteiger partial charge in [-0.3, -0.25) is 14.9 Å². The topological polar surface area (TPSA) is 81.8 Å². The maximum absolute atomic E-state index is 12.6. The quantitative estimate of drug-likeness (QED) is 0.808. The summed E-state index contributed by atoms with van der Waals surface area (Å²) in [7, 11) is 3.97. The molecule has 0 saturated carbocycles. The lowest BCUT2D eigenvalue weighted by atomic mass is 10.0. The van der Waals surface area contributed by atoms with Crippen LogP contribution in [-0.4, -0.2) is 49.4 Å². The third-order valence-corrected chi connectivity index (χ3v) is 4.58. The van der Waals surface area contributed by atoms with Gasteiger partial charge in [0.15, 0.2) is 0 Å². The molecule has 7 heteroatoms. The van der Waals surface area contributed by atoms with Crippen molar-refractivity contribution < 1.29 is 14.4 Å². The van der Waals surface area contributed by atoms with E-state index in [2.05, 4.69) is 16.7 Å². The van der Waals surface area contributed by atoms with Crippen LogP contribution in [-0.2, 0) is 9.59 Å². The van der Waals surface area contributed by atoms with Gasteiger partial charge in [0.1, 0.15) is 6.04 Å². The van der Waals surface area contributed by atoms with Crippen LogP contribution < -0.4 is 15.5 Å². The first-order valence-corrected chi connectivity index (χ1v) is 8.14. The monoisotopic (exact) mass is 330 g/mol. The minimum absolute atomic E-state index is 0.00143. The Bertz CT molecular complexity index is 674. The van der Waals surface area contributed by atoms with Crippen molar-refractivity contribution in [3.05, 3.63) is 29.8 Å². The summed E-state index contributed by atoms with van der Waals surface area (Å²) in [5.74, 6) is -0.534. The van der Waals surface area contributed by atoms with Gasteiger partial charge in [0.05, 0.1) is 12.5 Å². The number of rotatable bonds is 4. The largest absolute Gasteiger partial charge is 0.378 e. The molecule has 0 bridgehead atoms. The summed E-state index contributed by atoms with van der Waals surface area (Å²) < 4.78 is 0. The molecule has 2 N–H and O–H groups in total. The molecule has 2 aliphatic rings. The maximum Gasteiger partial charge on any atom is 0.322 e.